The third-order valence-electron chi connectivity index (χ3n) is 3.78. The highest BCUT2D eigenvalue weighted by molar-refractivity contribution is 7.54. The zero-order valence-electron chi connectivity index (χ0n) is 14.8. The Morgan fingerprint density at radius 1 is 1.30 bits per heavy atom. The van der Waals surface area contributed by atoms with E-state index in [2.05, 4.69) is 21.5 Å². The molecule has 10 heteroatoms. The van der Waals surface area contributed by atoms with E-state index in [1.165, 1.54) is 13.4 Å². The van der Waals surface area contributed by atoms with E-state index in [4.69, 9.17) is 19.5 Å². The summed E-state index contributed by atoms with van der Waals surface area (Å²) in [5.74, 6) is 0.740. The molecule has 0 aliphatic carbocycles. The van der Waals surface area contributed by atoms with Crippen molar-refractivity contribution in [1.29, 1.82) is 0 Å². The van der Waals surface area contributed by atoms with Gasteiger partial charge >= 0.3 is 7.60 Å². The first-order valence-electron chi connectivity index (χ1n) is 8.09. The minimum Gasteiger partial charge on any atom is -0.423 e. The van der Waals surface area contributed by atoms with E-state index < -0.39 is 13.7 Å². The van der Waals surface area contributed by atoms with Crippen molar-refractivity contribution in [3.05, 3.63) is 55.6 Å². The van der Waals surface area contributed by atoms with Gasteiger partial charge in [-0.2, -0.15) is 0 Å². The summed E-state index contributed by atoms with van der Waals surface area (Å²) in [6.07, 6.45) is 3.84. The van der Waals surface area contributed by atoms with Gasteiger partial charge in [-0.1, -0.05) is 24.3 Å². The summed E-state index contributed by atoms with van der Waals surface area (Å²) in [5, 5.41) is 0. The number of anilines is 1. The second-order valence-corrected chi connectivity index (χ2v) is 7.62. The first kappa shape index (κ1) is 19.0. The molecule has 142 valence electrons. The third kappa shape index (κ3) is 4.51. The summed E-state index contributed by atoms with van der Waals surface area (Å²) in [6.45, 7) is 4.11. The van der Waals surface area contributed by atoms with Crippen molar-refractivity contribution in [2.24, 2.45) is 0 Å². The number of nitrogens with zero attached hydrogens (tertiary/aromatic N) is 4. The van der Waals surface area contributed by atoms with Crippen LogP contribution in [0.15, 0.2) is 55.6 Å². The topological polar surface area (TPSA) is 114 Å². The van der Waals surface area contributed by atoms with E-state index in [0.717, 1.165) is 0 Å². The lowest BCUT2D eigenvalue weighted by Crippen LogP contribution is -2.19. The molecule has 0 fully saturated rings. The fourth-order valence-corrected chi connectivity index (χ4v) is 3.42. The number of benzene rings is 1. The molecular formula is C17H20N5O4P. The second-order valence-electron chi connectivity index (χ2n) is 5.60. The van der Waals surface area contributed by atoms with E-state index >= 15 is 0 Å². The zero-order valence-corrected chi connectivity index (χ0v) is 15.7. The van der Waals surface area contributed by atoms with Crippen LogP contribution in [0.5, 0.6) is 5.75 Å². The lowest BCUT2D eigenvalue weighted by Gasteiger charge is -2.20. The molecule has 0 spiro atoms. The molecule has 1 unspecified atom stereocenters. The van der Waals surface area contributed by atoms with Gasteiger partial charge in [0, 0.05) is 7.11 Å². The number of hydrogen-bond donors (Lipinski definition) is 1. The van der Waals surface area contributed by atoms with Crippen LogP contribution in [0, 0.1) is 0 Å². The maximum atomic E-state index is 12.8. The fourth-order valence-electron chi connectivity index (χ4n) is 2.37. The Labute approximate surface area is 156 Å². The number of nitrogen functional groups attached to an aromatic ring is 1. The molecule has 0 saturated heterocycles. The number of hydrogen-bond acceptors (Lipinski definition) is 8. The number of ether oxygens (including phenoxy) is 1. The van der Waals surface area contributed by atoms with Crippen molar-refractivity contribution < 1.29 is 18.3 Å². The summed E-state index contributed by atoms with van der Waals surface area (Å²) >= 11 is 0. The number of aromatic nitrogens is 4. The molecule has 3 rings (SSSR count). The average molecular weight is 389 g/mol. The quantitative estimate of drug-likeness (QED) is 0.439. The first-order chi connectivity index (χ1) is 13.0. The van der Waals surface area contributed by atoms with Gasteiger partial charge in [-0.3, -0.25) is 0 Å². The van der Waals surface area contributed by atoms with Crippen molar-refractivity contribution in [1.82, 2.24) is 19.5 Å². The SMILES string of the molecule is C=C[C@H](Cn1cnc2c(N)ncnc21)OCP(=O)(OC)Oc1ccccc1. The van der Waals surface area contributed by atoms with Gasteiger partial charge in [0.25, 0.3) is 0 Å². The van der Waals surface area contributed by atoms with E-state index in [-0.39, 0.29) is 6.35 Å². The van der Waals surface area contributed by atoms with Gasteiger partial charge in [-0.05, 0) is 12.1 Å². The summed E-state index contributed by atoms with van der Waals surface area (Å²) in [4.78, 5) is 12.3. The molecule has 27 heavy (non-hydrogen) atoms. The maximum absolute atomic E-state index is 12.8. The summed E-state index contributed by atoms with van der Waals surface area (Å²) in [7, 11) is -2.16. The van der Waals surface area contributed by atoms with Crippen LogP contribution in [-0.4, -0.2) is 39.1 Å². The largest absolute Gasteiger partial charge is 0.423 e. The van der Waals surface area contributed by atoms with Gasteiger partial charge in [0.05, 0.1) is 19.0 Å². The number of imidazole rings is 1. The van der Waals surface area contributed by atoms with Crippen LogP contribution in [0.1, 0.15) is 0 Å². The molecular weight excluding hydrogens is 369 g/mol. The summed E-state index contributed by atoms with van der Waals surface area (Å²) < 4.78 is 30.8. The fraction of sp³-hybridized carbons (Fsp3) is 0.235. The second kappa shape index (κ2) is 8.30. The molecule has 3 aromatic rings. The standard InChI is InChI=1S/C17H20N5O4P/c1-3-13(9-22-11-21-15-16(18)19-10-20-17(15)22)25-12-27(23,24-2)26-14-7-5-4-6-8-14/h3-8,10-11,13H,1,9,12H2,2H3,(H2,18,19,20)/t13-,27?/m1/s1. The van der Waals surface area contributed by atoms with Gasteiger partial charge in [0.1, 0.15) is 17.6 Å². The van der Waals surface area contributed by atoms with Crippen molar-refractivity contribution in [3.8, 4) is 5.75 Å². The summed E-state index contributed by atoms with van der Waals surface area (Å²) in [5.41, 5.74) is 6.88. The lowest BCUT2D eigenvalue weighted by molar-refractivity contribution is 0.0949. The Morgan fingerprint density at radius 3 is 2.78 bits per heavy atom. The summed E-state index contributed by atoms with van der Waals surface area (Å²) in [6, 6.07) is 8.78. The van der Waals surface area contributed by atoms with Gasteiger partial charge in [-0.25, -0.2) is 19.5 Å². The number of nitrogens with two attached hydrogens (primary N) is 1. The highest BCUT2D eigenvalue weighted by Gasteiger charge is 2.27. The van der Waals surface area contributed by atoms with Gasteiger partial charge in [-0.15, -0.1) is 6.58 Å². The van der Waals surface area contributed by atoms with Crippen LogP contribution in [0.25, 0.3) is 11.2 Å². The molecule has 0 radical (unpaired) electrons. The normalized spacial score (nSPS) is 14.6. The minimum atomic E-state index is -3.48. The number of para-hydroxylation sites is 1. The van der Waals surface area contributed by atoms with Crippen LogP contribution in [0.3, 0.4) is 0 Å². The Balaban J connectivity index is 1.68. The molecule has 0 aliphatic rings. The van der Waals surface area contributed by atoms with Crippen LogP contribution in [0.4, 0.5) is 5.82 Å². The van der Waals surface area contributed by atoms with Crippen LogP contribution >= 0.6 is 7.60 Å². The molecule has 0 aliphatic heterocycles. The van der Waals surface area contributed by atoms with E-state index in [0.29, 0.717) is 29.3 Å². The van der Waals surface area contributed by atoms with E-state index in [1.807, 2.05) is 6.07 Å². The van der Waals surface area contributed by atoms with Crippen LogP contribution in [0.2, 0.25) is 0 Å². The monoisotopic (exact) mass is 389 g/mol. The van der Waals surface area contributed by atoms with E-state index in [9.17, 15) is 4.57 Å². The minimum absolute atomic E-state index is 0.237. The molecule has 2 aromatic heterocycles. The third-order valence-corrected chi connectivity index (χ3v) is 5.29. The predicted octanol–water partition coefficient (Wildman–Crippen LogP) is 2.86. The van der Waals surface area contributed by atoms with Crippen LogP contribution in [-0.2, 0) is 20.4 Å². The molecule has 2 atom stereocenters. The molecule has 0 saturated carbocycles. The highest BCUT2D eigenvalue weighted by atomic mass is 31.2. The lowest BCUT2D eigenvalue weighted by atomic mass is 10.3. The Bertz CT molecular complexity index is 962. The van der Waals surface area contributed by atoms with Crippen molar-refractivity contribution in [2.75, 3.05) is 19.2 Å². The van der Waals surface area contributed by atoms with Gasteiger partial charge < -0.3 is 24.1 Å². The Kier molecular flexibility index (Phi) is 5.85. The van der Waals surface area contributed by atoms with Gasteiger partial charge in [0.2, 0.25) is 0 Å². The molecule has 9 nitrogen and oxygen atoms in total. The molecule has 2 N–H and O–H groups in total. The Morgan fingerprint density at radius 2 is 2.07 bits per heavy atom. The molecule has 0 amide bonds. The maximum Gasteiger partial charge on any atom is 0.404 e. The molecule has 0 bridgehead atoms. The average Bonchev–Trinajstić information content (AvgIpc) is 3.10. The van der Waals surface area contributed by atoms with E-state index in [1.54, 1.807) is 41.2 Å². The van der Waals surface area contributed by atoms with Crippen molar-refractivity contribution in [3.63, 3.8) is 0 Å². The van der Waals surface area contributed by atoms with Crippen LogP contribution < -0.4 is 10.3 Å². The van der Waals surface area contributed by atoms with Crippen molar-refractivity contribution in [2.45, 2.75) is 12.6 Å². The van der Waals surface area contributed by atoms with Gasteiger partial charge in [0.15, 0.2) is 17.8 Å². The number of rotatable bonds is 9. The smallest absolute Gasteiger partial charge is 0.404 e. The predicted molar refractivity (Wildman–Crippen MR) is 101 cm³/mol. The zero-order chi connectivity index (χ0) is 19.3. The highest BCUT2D eigenvalue weighted by Crippen LogP contribution is 2.47. The Hall–Kier alpha value is -2.74. The van der Waals surface area contributed by atoms with Crippen molar-refractivity contribution >= 4 is 24.6 Å². The molecule has 1 aromatic carbocycles. The number of fused-ring (bicyclic) bond motifs is 1. The first-order valence-corrected chi connectivity index (χ1v) is 9.82. The molecule has 2 heterocycles.